The zero-order valence-corrected chi connectivity index (χ0v) is 20.2. The van der Waals surface area contributed by atoms with E-state index in [4.69, 9.17) is 23.2 Å². The number of aromatic nitrogens is 2. The third-order valence-corrected chi connectivity index (χ3v) is 6.23. The highest BCUT2D eigenvalue weighted by Gasteiger charge is 2.42. The highest BCUT2D eigenvalue weighted by atomic mass is 35.5. The second-order valence-corrected chi connectivity index (χ2v) is 8.91. The molecule has 1 aromatic heterocycles. The number of carbonyl (C=O) groups is 1. The van der Waals surface area contributed by atoms with Gasteiger partial charge in [0.05, 0.1) is 16.1 Å². The Balaban J connectivity index is 1.67. The quantitative estimate of drug-likeness (QED) is 0.349. The number of nitrogens with one attached hydrogen (secondary N) is 1. The molecular formula is C23H16Cl2F6N4O2. The molecule has 0 bridgehead atoms. The highest BCUT2D eigenvalue weighted by Crippen LogP contribution is 2.41. The van der Waals surface area contributed by atoms with Crippen molar-refractivity contribution in [1.82, 2.24) is 15.1 Å². The Bertz CT molecular complexity index is 1370. The number of alkyl halides is 6. The maximum absolute atomic E-state index is 13.4. The lowest BCUT2D eigenvalue weighted by atomic mass is 9.87. The van der Waals surface area contributed by atoms with Crippen molar-refractivity contribution >= 4 is 40.6 Å². The van der Waals surface area contributed by atoms with Gasteiger partial charge in [-0.2, -0.15) is 18.3 Å². The summed E-state index contributed by atoms with van der Waals surface area (Å²) in [7, 11) is 0. The van der Waals surface area contributed by atoms with Crippen LogP contribution in [-0.2, 0) is 17.5 Å². The van der Waals surface area contributed by atoms with E-state index >= 15 is 0 Å². The highest BCUT2D eigenvalue weighted by molar-refractivity contribution is 6.42. The van der Waals surface area contributed by atoms with Gasteiger partial charge in [0.15, 0.2) is 11.5 Å². The standard InChI is InChI=1S/C23H16Cl2F6N4O2/c1-11-19(21(36)32-10-12-3-2-4-14(7-12)37-23(29,30)31)20(13-5-6-15(24)16(25)8-13)35-18(33-11)9-17(34-35)22(26,27)28/h2-9,19-20H,10H2,1H3,(H,32,36). The number of carbonyl (C=O) groups excluding carboxylic acids is 1. The van der Waals surface area contributed by atoms with E-state index in [2.05, 4.69) is 20.1 Å². The van der Waals surface area contributed by atoms with E-state index < -0.39 is 41.8 Å². The van der Waals surface area contributed by atoms with Crippen LogP contribution in [0.2, 0.25) is 10.0 Å². The fraction of sp³-hybridized carbons (Fsp3) is 0.261. The Morgan fingerprint density at radius 2 is 1.78 bits per heavy atom. The van der Waals surface area contributed by atoms with E-state index in [0.29, 0.717) is 11.1 Å². The average Bonchev–Trinajstić information content (AvgIpc) is 3.22. The number of nitrogens with zero attached hydrogens (tertiary/aromatic N) is 3. The Morgan fingerprint density at radius 3 is 2.43 bits per heavy atom. The van der Waals surface area contributed by atoms with E-state index in [1.807, 2.05) is 0 Å². The molecule has 2 unspecified atom stereocenters. The summed E-state index contributed by atoms with van der Waals surface area (Å²) in [4.78, 5) is 17.5. The summed E-state index contributed by atoms with van der Waals surface area (Å²) in [5, 5.41) is 6.59. The van der Waals surface area contributed by atoms with Crippen molar-refractivity contribution in [1.29, 1.82) is 0 Å². The molecule has 0 saturated carbocycles. The van der Waals surface area contributed by atoms with Gasteiger partial charge in [-0.05, 0) is 42.3 Å². The van der Waals surface area contributed by atoms with Crippen LogP contribution in [0.25, 0.3) is 0 Å². The van der Waals surface area contributed by atoms with Crippen LogP contribution in [0.3, 0.4) is 0 Å². The maximum Gasteiger partial charge on any atom is 0.573 e. The molecule has 0 aliphatic carbocycles. The van der Waals surface area contributed by atoms with Gasteiger partial charge < -0.3 is 10.1 Å². The molecule has 14 heteroatoms. The lowest BCUT2D eigenvalue weighted by Crippen LogP contribution is -2.42. The molecule has 3 aromatic rings. The summed E-state index contributed by atoms with van der Waals surface area (Å²) in [6.07, 6.45) is -9.64. The Hall–Kier alpha value is -3.25. The monoisotopic (exact) mass is 564 g/mol. The van der Waals surface area contributed by atoms with Crippen molar-refractivity contribution in [2.75, 3.05) is 0 Å². The van der Waals surface area contributed by atoms with Crippen molar-refractivity contribution in [3.05, 3.63) is 75.4 Å². The first kappa shape index (κ1) is 26.8. The van der Waals surface area contributed by atoms with Crippen LogP contribution in [0.5, 0.6) is 5.75 Å². The first-order valence-electron chi connectivity index (χ1n) is 10.5. The van der Waals surface area contributed by atoms with Crippen LogP contribution < -0.4 is 10.1 Å². The molecule has 0 radical (unpaired) electrons. The molecule has 2 aromatic carbocycles. The predicted molar refractivity (Wildman–Crippen MR) is 123 cm³/mol. The molecular weight excluding hydrogens is 549 g/mol. The van der Waals surface area contributed by atoms with E-state index in [9.17, 15) is 31.1 Å². The summed E-state index contributed by atoms with van der Waals surface area (Å²) in [6, 6.07) is 9.08. The number of amides is 1. The lowest BCUT2D eigenvalue weighted by Gasteiger charge is -2.31. The molecule has 0 spiro atoms. The number of fused-ring (bicyclic) bond motifs is 1. The Labute approximate surface area is 215 Å². The summed E-state index contributed by atoms with van der Waals surface area (Å²) in [5.74, 6) is -2.35. The minimum atomic E-state index is -4.89. The average molecular weight is 565 g/mol. The summed E-state index contributed by atoms with van der Waals surface area (Å²) in [5.41, 5.74) is -0.344. The van der Waals surface area contributed by atoms with Crippen molar-refractivity contribution in [3.63, 3.8) is 0 Å². The zero-order valence-electron chi connectivity index (χ0n) is 18.7. The SMILES string of the molecule is CC1=Nc2cc(C(F)(F)F)nn2C(c2ccc(Cl)c(Cl)c2)C1C(=O)NCc1cccc(OC(F)(F)F)c1. The van der Waals surface area contributed by atoms with Crippen LogP contribution in [0.15, 0.2) is 53.5 Å². The van der Waals surface area contributed by atoms with Crippen LogP contribution in [0.4, 0.5) is 32.2 Å². The molecule has 6 nitrogen and oxygen atoms in total. The van der Waals surface area contributed by atoms with Gasteiger partial charge >= 0.3 is 12.5 Å². The molecule has 2 atom stereocenters. The van der Waals surface area contributed by atoms with Gasteiger partial charge in [0, 0.05) is 18.3 Å². The van der Waals surface area contributed by atoms with Crippen LogP contribution in [0.1, 0.15) is 29.8 Å². The smallest absolute Gasteiger partial charge is 0.406 e. The number of benzene rings is 2. The molecule has 4 rings (SSSR count). The number of rotatable bonds is 5. The van der Waals surface area contributed by atoms with E-state index in [0.717, 1.165) is 22.9 Å². The van der Waals surface area contributed by atoms with Gasteiger partial charge in [-0.15, -0.1) is 13.2 Å². The summed E-state index contributed by atoms with van der Waals surface area (Å²) >= 11 is 12.1. The number of halogens is 8. The van der Waals surface area contributed by atoms with Gasteiger partial charge in [-0.1, -0.05) is 41.4 Å². The molecule has 196 valence electrons. The van der Waals surface area contributed by atoms with E-state index in [1.165, 1.54) is 37.3 Å². The van der Waals surface area contributed by atoms with Crippen molar-refractivity contribution in [3.8, 4) is 5.75 Å². The molecule has 37 heavy (non-hydrogen) atoms. The zero-order chi connectivity index (χ0) is 27.1. The molecule has 1 amide bonds. The largest absolute Gasteiger partial charge is 0.573 e. The molecule has 0 saturated heterocycles. The number of hydrogen-bond acceptors (Lipinski definition) is 4. The lowest BCUT2D eigenvalue weighted by molar-refractivity contribution is -0.274. The van der Waals surface area contributed by atoms with Gasteiger partial charge in [-0.3, -0.25) is 4.79 Å². The first-order valence-corrected chi connectivity index (χ1v) is 11.3. The molecule has 1 N–H and O–H groups in total. The molecule has 0 fully saturated rings. The maximum atomic E-state index is 13.4. The third kappa shape index (κ3) is 6.02. The van der Waals surface area contributed by atoms with E-state index in [1.54, 1.807) is 0 Å². The number of aliphatic imine (C=N–C) groups is 1. The summed E-state index contributed by atoms with van der Waals surface area (Å²) in [6.45, 7) is 1.29. The van der Waals surface area contributed by atoms with Crippen molar-refractivity contribution in [2.24, 2.45) is 10.9 Å². The summed E-state index contributed by atoms with van der Waals surface area (Å²) < 4.78 is 82.6. The van der Waals surface area contributed by atoms with Crippen molar-refractivity contribution < 1.29 is 35.9 Å². The topological polar surface area (TPSA) is 68.5 Å². The molecule has 2 heterocycles. The Morgan fingerprint density at radius 1 is 1.05 bits per heavy atom. The molecule has 1 aliphatic rings. The molecule has 1 aliphatic heterocycles. The van der Waals surface area contributed by atoms with Crippen LogP contribution in [0, 0.1) is 5.92 Å². The number of ether oxygens (including phenoxy) is 1. The predicted octanol–water partition coefficient (Wildman–Crippen LogP) is 6.74. The normalized spacial score (nSPS) is 17.7. The number of hydrogen-bond donors (Lipinski definition) is 1. The van der Waals surface area contributed by atoms with Gasteiger partial charge in [0.2, 0.25) is 5.91 Å². The third-order valence-electron chi connectivity index (χ3n) is 5.49. The van der Waals surface area contributed by atoms with Gasteiger partial charge in [0.25, 0.3) is 0 Å². The fourth-order valence-electron chi connectivity index (χ4n) is 3.95. The van der Waals surface area contributed by atoms with Gasteiger partial charge in [-0.25, -0.2) is 9.67 Å². The second kappa shape index (κ2) is 9.90. The minimum Gasteiger partial charge on any atom is -0.406 e. The Kier molecular flexibility index (Phi) is 7.17. The second-order valence-electron chi connectivity index (χ2n) is 8.09. The first-order chi connectivity index (χ1) is 17.2. The van der Waals surface area contributed by atoms with Gasteiger partial charge in [0.1, 0.15) is 11.7 Å². The van der Waals surface area contributed by atoms with E-state index in [-0.39, 0.29) is 28.1 Å². The minimum absolute atomic E-state index is 0.109. The van der Waals surface area contributed by atoms with Crippen LogP contribution in [-0.4, -0.2) is 27.8 Å². The fourth-order valence-corrected chi connectivity index (χ4v) is 4.25. The van der Waals surface area contributed by atoms with Crippen LogP contribution >= 0.6 is 23.2 Å². The van der Waals surface area contributed by atoms with Crippen molar-refractivity contribution in [2.45, 2.75) is 32.0 Å².